The molecule has 0 amide bonds. The third-order valence-corrected chi connectivity index (χ3v) is 12.6. The van der Waals surface area contributed by atoms with Crippen molar-refractivity contribution in [1.29, 1.82) is 0 Å². The Labute approximate surface area is 285 Å². The van der Waals surface area contributed by atoms with Gasteiger partial charge >= 0.3 is 11.9 Å². The molecule has 0 saturated heterocycles. The maximum Gasteiger partial charge on any atom is 0.331 e. The van der Waals surface area contributed by atoms with Gasteiger partial charge in [0.25, 0.3) is 0 Å². The molecule has 262 valence electrons. The number of rotatable bonds is 8. The molecule has 0 heterocycles. The Kier molecular flexibility index (Phi) is 9.56. The summed E-state index contributed by atoms with van der Waals surface area (Å²) in [5.41, 5.74) is -4.71. The first-order valence-electron chi connectivity index (χ1n) is 17.5. The Morgan fingerprint density at radius 1 is 1.00 bits per heavy atom. The second kappa shape index (κ2) is 12.7. The van der Waals surface area contributed by atoms with Crippen LogP contribution in [0.25, 0.3) is 0 Å². The van der Waals surface area contributed by atoms with Crippen LogP contribution in [-0.4, -0.2) is 62.6 Å². The second-order valence-electron chi connectivity index (χ2n) is 16.3. The minimum atomic E-state index is -1.97. The lowest BCUT2D eigenvalue weighted by Crippen LogP contribution is -2.66. The Bertz CT molecular complexity index is 1510. The van der Waals surface area contributed by atoms with Crippen LogP contribution in [0.5, 0.6) is 0 Å². The van der Waals surface area contributed by atoms with Crippen LogP contribution >= 0.6 is 0 Å². The summed E-state index contributed by atoms with van der Waals surface area (Å²) in [6.45, 7) is 15.0. The lowest BCUT2D eigenvalue weighted by atomic mass is 9.59. The molecule has 0 aromatic carbocycles. The van der Waals surface area contributed by atoms with E-state index < -0.39 is 76.3 Å². The van der Waals surface area contributed by atoms with E-state index in [1.165, 1.54) is 32.3 Å². The fourth-order valence-corrected chi connectivity index (χ4v) is 10.2. The molecule has 0 spiro atoms. The zero-order valence-electron chi connectivity index (χ0n) is 29.7. The number of esters is 2. The Hall–Kier alpha value is -3.07. The third-order valence-electron chi connectivity index (χ3n) is 12.6. The van der Waals surface area contributed by atoms with Crippen LogP contribution in [0.1, 0.15) is 81.1 Å². The van der Waals surface area contributed by atoms with Crippen molar-refractivity contribution in [2.45, 2.75) is 104 Å². The van der Waals surface area contributed by atoms with Crippen LogP contribution in [-0.2, 0) is 23.9 Å². The molecule has 0 bridgehead atoms. The van der Waals surface area contributed by atoms with E-state index in [9.17, 15) is 29.7 Å². The van der Waals surface area contributed by atoms with Gasteiger partial charge in [0.05, 0.1) is 12.2 Å². The molecule has 5 aliphatic rings. The number of fused-ring (bicyclic) bond motifs is 5. The van der Waals surface area contributed by atoms with Gasteiger partial charge in [0.15, 0.2) is 11.4 Å². The molecule has 0 radical (unpaired) electrons. The van der Waals surface area contributed by atoms with Crippen molar-refractivity contribution in [3.63, 3.8) is 0 Å². The van der Waals surface area contributed by atoms with E-state index in [0.29, 0.717) is 23.0 Å². The van der Waals surface area contributed by atoms with Gasteiger partial charge in [0.2, 0.25) is 0 Å². The fraction of sp³-hybridized carbons (Fsp3) is 0.625. The lowest BCUT2D eigenvalue weighted by Gasteiger charge is -2.53. The standard InChI is InChI=1S/C40H54O8/c1-24-16-15-19-36(5,6)29(24)17-13-11-9-10-12-14-18-32(43)47-35-26(3)39(46)30(33-37(7,8)40(33,35)48-27(4)42)21-28(23-41)22-38(45)31(39)20-25(2)34(38)44/h9-14,17-18,20-21,24,26,29-31,33,35,41,45-46H,15-16,19,22-23H2,1-8H3/b11-9+,12-10+,17-13+,18-14+/t24?,26-,29?,30+,31-,33-,35-,38-,39-,40-/m1/s1. The molecule has 8 nitrogen and oxygen atoms in total. The number of allylic oxidation sites excluding steroid dienone is 7. The van der Waals surface area contributed by atoms with E-state index in [1.54, 1.807) is 38.2 Å². The number of carbonyl (C=O) groups excluding carboxylic acids is 3. The van der Waals surface area contributed by atoms with Crippen molar-refractivity contribution >= 4 is 17.7 Å². The predicted octanol–water partition coefficient (Wildman–Crippen LogP) is 5.74. The zero-order chi connectivity index (χ0) is 35.4. The Morgan fingerprint density at radius 2 is 1.65 bits per heavy atom. The molecule has 0 aromatic heterocycles. The van der Waals surface area contributed by atoms with Crippen molar-refractivity contribution in [3.05, 3.63) is 71.9 Å². The fourth-order valence-electron chi connectivity index (χ4n) is 10.2. The Balaban J connectivity index is 1.38. The lowest BCUT2D eigenvalue weighted by molar-refractivity contribution is -0.226. The molecule has 5 rings (SSSR count). The molecule has 3 N–H and O–H groups in total. The molecular formula is C40H54O8. The van der Waals surface area contributed by atoms with Gasteiger partial charge in [-0.25, -0.2) is 4.79 Å². The summed E-state index contributed by atoms with van der Waals surface area (Å²) in [4.78, 5) is 39.2. The molecule has 0 aliphatic heterocycles. The van der Waals surface area contributed by atoms with Gasteiger partial charge in [-0.15, -0.1) is 0 Å². The maximum atomic E-state index is 13.3. The van der Waals surface area contributed by atoms with Crippen LogP contribution in [0.3, 0.4) is 0 Å². The quantitative estimate of drug-likeness (QED) is 0.130. The average Bonchev–Trinajstić information content (AvgIpc) is 3.42. The van der Waals surface area contributed by atoms with Crippen molar-refractivity contribution in [1.82, 2.24) is 0 Å². The smallest absolute Gasteiger partial charge is 0.331 e. The first-order valence-corrected chi connectivity index (χ1v) is 17.5. The summed E-state index contributed by atoms with van der Waals surface area (Å²) in [6.07, 6.45) is 20.6. The second-order valence-corrected chi connectivity index (χ2v) is 16.3. The third kappa shape index (κ3) is 5.62. The highest BCUT2D eigenvalue weighted by Crippen LogP contribution is 2.77. The van der Waals surface area contributed by atoms with Crippen molar-refractivity contribution < 1.29 is 39.2 Å². The number of carbonyl (C=O) groups is 3. The summed E-state index contributed by atoms with van der Waals surface area (Å²) in [6, 6.07) is 0. The van der Waals surface area contributed by atoms with Gasteiger partial charge < -0.3 is 24.8 Å². The number of hydrogen-bond donors (Lipinski definition) is 3. The van der Waals surface area contributed by atoms with E-state index in [0.717, 1.165) is 0 Å². The average molecular weight is 663 g/mol. The summed E-state index contributed by atoms with van der Waals surface area (Å²) in [5, 5.41) is 34.9. The highest BCUT2D eigenvalue weighted by Gasteiger charge is 2.87. The van der Waals surface area contributed by atoms with E-state index in [2.05, 4.69) is 32.9 Å². The van der Waals surface area contributed by atoms with Crippen LogP contribution in [0, 0.1) is 46.3 Å². The van der Waals surface area contributed by atoms with Gasteiger partial charge in [-0.1, -0.05) is 109 Å². The summed E-state index contributed by atoms with van der Waals surface area (Å²) in [5.74, 6) is -3.67. The number of hydrogen-bond acceptors (Lipinski definition) is 8. The maximum absolute atomic E-state index is 13.3. The molecule has 0 aromatic rings. The Morgan fingerprint density at radius 3 is 2.27 bits per heavy atom. The largest absolute Gasteiger partial charge is 0.455 e. The molecular weight excluding hydrogens is 608 g/mol. The molecule has 2 unspecified atom stereocenters. The molecule has 8 heteroatoms. The number of Topliss-reactive ketones (excluding diaryl/α,β-unsaturated/α-hetero) is 1. The summed E-state index contributed by atoms with van der Waals surface area (Å²) >= 11 is 0. The van der Waals surface area contributed by atoms with Gasteiger partial charge in [-0.05, 0) is 41.7 Å². The summed E-state index contributed by atoms with van der Waals surface area (Å²) < 4.78 is 12.2. The highest BCUT2D eigenvalue weighted by atomic mass is 16.6. The van der Waals surface area contributed by atoms with E-state index >= 15 is 0 Å². The normalized spacial score (nSPS) is 41.5. The monoisotopic (exact) mass is 662 g/mol. The highest BCUT2D eigenvalue weighted by molar-refractivity contribution is 6.04. The van der Waals surface area contributed by atoms with Crippen LogP contribution in [0.15, 0.2) is 71.9 Å². The van der Waals surface area contributed by atoms with E-state index in [4.69, 9.17) is 9.47 Å². The van der Waals surface area contributed by atoms with Crippen molar-refractivity contribution in [2.75, 3.05) is 6.61 Å². The SMILES string of the molecule is CC(=O)O[C@@]12[C@H](OC(=O)/C=C/C=C/C=C/C=C/C3C(C)CCCC3(C)C)[C@@H](C)[C@@]3(O)[C@@H](C=C(CO)C[C@]4(O)C(=O)C(C)=C[C@@H]34)[C@@H]1C2(C)C. The van der Waals surface area contributed by atoms with Crippen LogP contribution < -0.4 is 0 Å². The van der Waals surface area contributed by atoms with Gasteiger partial charge in [-0.3, -0.25) is 9.59 Å². The number of ether oxygens (including phenoxy) is 2. The molecule has 48 heavy (non-hydrogen) atoms. The topological polar surface area (TPSA) is 130 Å². The molecule has 5 aliphatic carbocycles. The predicted molar refractivity (Wildman–Crippen MR) is 183 cm³/mol. The van der Waals surface area contributed by atoms with E-state index in [-0.39, 0.29) is 11.8 Å². The minimum absolute atomic E-state index is 0.137. The molecule has 10 atom stereocenters. The number of aliphatic hydroxyl groups excluding tert-OH is 1. The first-order chi connectivity index (χ1) is 22.4. The van der Waals surface area contributed by atoms with Crippen LogP contribution in [0.2, 0.25) is 0 Å². The minimum Gasteiger partial charge on any atom is -0.455 e. The molecule has 3 saturated carbocycles. The van der Waals surface area contributed by atoms with Crippen molar-refractivity contribution in [3.8, 4) is 0 Å². The molecule has 3 fully saturated rings. The van der Waals surface area contributed by atoms with Gasteiger partial charge in [-0.2, -0.15) is 0 Å². The number of aliphatic hydroxyl groups is 3. The van der Waals surface area contributed by atoms with Gasteiger partial charge in [0.1, 0.15) is 11.7 Å². The first kappa shape index (κ1) is 36.2. The van der Waals surface area contributed by atoms with Gasteiger partial charge in [0, 0.05) is 48.5 Å². The van der Waals surface area contributed by atoms with E-state index in [1.807, 2.05) is 32.1 Å². The zero-order valence-corrected chi connectivity index (χ0v) is 29.7. The van der Waals surface area contributed by atoms with Crippen molar-refractivity contribution in [2.24, 2.45) is 46.3 Å². The van der Waals surface area contributed by atoms with Crippen LogP contribution in [0.4, 0.5) is 0 Å². The number of ketones is 1. The summed E-state index contributed by atoms with van der Waals surface area (Å²) in [7, 11) is 0.